The molecule has 0 saturated heterocycles. The number of amides is 1. The van der Waals surface area contributed by atoms with Crippen molar-refractivity contribution in [2.75, 3.05) is 5.32 Å². The van der Waals surface area contributed by atoms with Crippen LogP contribution in [0.3, 0.4) is 0 Å². The Morgan fingerprint density at radius 3 is 2.67 bits per heavy atom. The molecule has 0 aliphatic heterocycles. The molecule has 8 nitrogen and oxygen atoms in total. The Hall–Kier alpha value is -3.68. The lowest BCUT2D eigenvalue weighted by atomic mass is 10.1. The molecule has 4 aromatic rings. The Balaban J connectivity index is 1.56. The van der Waals surface area contributed by atoms with E-state index in [0.717, 1.165) is 5.56 Å². The van der Waals surface area contributed by atoms with Crippen LogP contribution in [0, 0.1) is 13.8 Å². The molecule has 0 aliphatic carbocycles. The van der Waals surface area contributed by atoms with Gasteiger partial charge in [-0.3, -0.25) is 4.79 Å². The molecular weight excluding hydrogens is 348 g/mol. The number of hydrogen-bond acceptors (Lipinski definition) is 7. The highest BCUT2D eigenvalue weighted by Gasteiger charge is 2.19. The molecule has 3 aromatic heterocycles. The van der Waals surface area contributed by atoms with Gasteiger partial charge in [-0.2, -0.15) is 4.98 Å². The highest BCUT2D eigenvalue weighted by atomic mass is 16.5. The molecule has 1 amide bonds. The Kier molecular flexibility index (Phi) is 4.29. The number of aromatic nitrogens is 3. The number of nitrogens with zero attached hydrogens (tertiary/aromatic N) is 3. The topological polar surface area (TPSA) is 107 Å². The zero-order valence-corrected chi connectivity index (χ0v) is 14.7. The second-order valence-electron chi connectivity index (χ2n) is 5.98. The van der Waals surface area contributed by atoms with Crippen LogP contribution in [0.25, 0.3) is 11.6 Å². The van der Waals surface area contributed by atoms with Crippen molar-refractivity contribution < 1.29 is 18.3 Å². The third kappa shape index (κ3) is 3.37. The van der Waals surface area contributed by atoms with Crippen LogP contribution in [0.2, 0.25) is 0 Å². The summed E-state index contributed by atoms with van der Waals surface area (Å²) in [5, 5.41) is 10.6. The molecule has 0 radical (unpaired) electrons. The minimum Gasteiger partial charge on any atom is -0.461 e. The SMILES string of the molecule is Cc1noc(C)c1C(=O)Nc1ccccc1Cc1nc(-c2ccco2)no1. The Labute approximate surface area is 154 Å². The Morgan fingerprint density at radius 2 is 1.93 bits per heavy atom. The van der Waals surface area contributed by atoms with Crippen molar-refractivity contribution >= 4 is 11.6 Å². The van der Waals surface area contributed by atoms with E-state index in [4.69, 9.17) is 13.5 Å². The number of benzene rings is 1. The quantitative estimate of drug-likeness (QED) is 0.574. The van der Waals surface area contributed by atoms with E-state index < -0.39 is 0 Å². The summed E-state index contributed by atoms with van der Waals surface area (Å²) in [6, 6.07) is 10.9. The molecule has 0 fully saturated rings. The zero-order chi connectivity index (χ0) is 18.8. The van der Waals surface area contributed by atoms with Crippen molar-refractivity contribution in [3.8, 4) is 11.6 Å². The first-order valence-electron chi connectivity index (χ1n) is 8.30. The summed E-state index contributed by atoms with van der Waals surface area (Å²) in [5.41, 5.74) is 2.47. The zero-order valence-electron chi connectivity index (χ0n) is 14.7. The Morgan fingerprint density at radius 1 is 1.07 bits per heavy atom. The summed E-state index contributed by atoms with van der Waals surface area (Å²) >= 11 is 0. The van der Waals surface area contributed by atoms with E-state index in [1.54, 1.807) is 32.2 Å². The van der Waals surface area contributed by atoms with Crippen molar-refractivity contribution in [1.29, 1.82) is 0 Å². The van der Waals surface area contributed by atoms with Gasteiger partial charge in [-0.1, -0.05) is 28.5 Å². The molecule has 1 aromatic carbocycles. The minimum absolute atomic E-state index is 0.277. The van der Waals surface area contributed by atoms with Crippen LogP contribution < -0.4 is 5.32 Å². The van der Waals surface area contributed by atoms with Crippen LogP contribution in [-0.4, -0.2) is 21.2 Å². The van der Waals surface area contributed by atoms with Gasteiger partial charge in [-0.05, 0) is 37.6 Å². The molecular formula is C19H16N4O4. The standard InChI is InChI=1S/C19H16N4O4/c1-11-17(12(2)26-22-11)19(24)20-14-7-4-3-6-13(14)10-16-21-18(23-27-16)15-8-5-9-25-15/h3-9H,10H2,1-2H3,(H,20,24). The fourth-order valence-corrected chi connectivity index (χ4v) is 2.78. The fourth-order valence-electron chi connectivity index (χ4n) is 2.78. The molecule has 8 heteroatoms. The predicted molar refractivity (Wildman–Crippen MR) is 95.2 cm³/mol. The van der Waals surface area contributed by atoms with Crippen LogP contribution in [0.15, 0.2) is 56.1 Å². The van der Waals surface area contributed by atoms with Gasteiger partial charge in [0.05, 0.1) is 18.4 Å². The lowest BCUT2D eigenvalue weighted by Crippen LogP contribution is -2.15. The molecule has 4 rings (SSSR count). The van der Waals surface area contributed by atoms with E-state index in [1.807, 2.05) is 24.3 Å². The van der Waals surface area contributed by atoms with E-state index in [9.17, 15) is 4.79 Å². The highest BCUT2D eigenvalue weighted by Crippen LogP contribution is 2.22. The second-order valence-corrected chi connectivity index (χ2v) is 5.98. The van der Waals surface area contributed by atoms with Crippen molar-refractivity contribution in [3.05, 3.63) is 71.1 Å². The first-order chi connectivity index (χ1) is 13.1. The van der Waals surface area contributed by atoms with E-state index >= 15 is 0 Å². The third-order valence-electron chi connectivity index (χ3n) is 4.08. The van der Waals surface area contributed by atoms with Gasteiger partial charge >= 0.3 is 0 Å². The molecule has 0 spiro atoms. The van der Waals surface area contributed by atoms with E-state index in [0.29, 0.717) is 46.6 Å². The first-order valence-corrected chi connectivity index (χ1v) is 8.30. The Bertz CT molecular complexity index is 1060. The number of rotatable bonds is 5. The number of nitrogens with one attached hydrogen (secondary N) is 1. The van der Waals surface area contributed by atoms with Gasteiger partial charge < -0.3 is 18.8 Å². The second kappa shape index (κ2) is 6.91. The lowest BCUT2D eigenvalue weighted by molar-refractivity contribution is 0.102. The predicted octanol–water partition coefficient (Wildman–Crippen LogP) is 3.78. The third-order valence-corrected chi connectivity index (χ3v) is 4.08. The number of anilines is 1. The first kappa shape index (κ1) is 16.8. The van der Waals surface area contributed by atoms with Gasteiger partial charge in [0.2, 0.25) is 11.7 Å². The molecule has 27 heavy (non-hydrogen) atoms. The van der Waals surface area contributed by atoms with Gasteiger partial charge in [-0.15, -0.1) is 0 Å². The van der Waals surface area contributed by atoms with Gasteiger partial charge in [0.25, 0.3) is 5.91 Å². The molecule has 0 aliphatic rings. The van der Waals surface area contributed by atoms with Crippen molar-refractivity contribution in [2.45, 2.75) is 20.3 Å². The molecule has 136 valence electrons. The van der Waals surface area contributed by atoms with Crippen LogP contribution in [0.5, 0.6) is 0 Å². The largest absolute Gasteiger partial charge is 0.461 e. The number of furan rings is 1. The summed E-state index contributed by atoms with van der Waals surface area (Å²) in [5.74, 6) is 1.53. The lowest BCUT2D eigenvalue weighted by Gasteiger charge is -2.09. The van der Waals surface area contributed by atoms with Gasteiger partial charge in [0.15, 0.2) is 5.76 Å². The number of carbonyl (C=O) groups excluding carboxylic acids is 1. The minimum atomic E-state index is -0.277. The molecule has 1 N–H and O–H groups in total. The average Bonchev–Trinajstić information content (AvgIpc) is 3.38. The van der Waals surface area contributed by atoms with Gasteiger partial charge in [0, 0.05) is 5.69 Å². The fraction of sp³-hybridized carbons (Fsp3) is 0.158. The summed E-state index contributed by atoms with van der Waals surface area (Å²) in [6.07, 6.45) is 1.91. The van der Waals surface area contributed by atoms with Crippen LogP contribution in [-0.2, 0) is 6.42 Å². The van der Waals surface area contributed by atoms with Gasteiger partial charge in [0.1, 0.15) is 11.3 Å². The van der Waals surface area contributed by atoms with Crippen LogP contribution >= 0.6 is 0 Å². The number of hydrogen-bond donors (Lipinski definition) is 1. The van der Waals surface area contributed by atoms with E-state index in [1.165, 1.54) is 0 Å². The molecule has 0 unspecified atom stereocenters. The van der Waals surface area contributed by atoms with E-state index in [2.05, 4.69) is 20.6 Å². The maximum Gasteiger partial charge on any atom is 0.261 e. The summed E-state index contributed by atoms with van der Waals surface area (Å²) in [4.78, 5) is 16.9. The van der Waals surface area contributed by atoms with Crippen molar-refractivity contribution in [2.24, 2.45) is 0 Å². The summed E-state index contributed by atoms with van der Waals surface area (Å²) in [6.45, 7) is 3.43. The average molecular weight is 364 g/mol. The van der Waals surface area contributed by atoms with Crippen molar-refractivity contribution in [1.82, 2.24) is 15.3 Å². The van der Waals surface area contributed by atoms with E-state index in [-0.39, 0.29) is 5.91 Å². The molecule has 0 bridgehead atoms. The van der Waals surface area contributed by atoms with Crippen LogP contribution in [0.1, 0.15) is 33.3 Å². The summed E-state index contributed by atoms with van der Waals surface area (Å²) < 4.78 is 15.6. The highest BCUT2D eigenvalue weighted by molar-refractivity contribution is 6.06. The molecule has 0 saturated carbocycles. The monoisotopic (exact) mass is 364 g/mol. The van der Waals surface area contributed by atoms with Crippen molar-refractivity contribution in [3.63, 3.8) is 0 Å². The maximum absolute atomic E-state index is 12.6. The number of carbonyl (C=O) groups is 1. The smallest absolute Gasteiger partial charge is 0.261 e. The molecule has 0 atom stereocenters. The van der Waals surface area contributed by atoms with Crippen LogP contribution in [0.4, 0.5) is 5.69 Å². The number of aryl methyl sites for hydroxylation is 2. The maximum atomic E-state index is 12.6. The normalized spacial score (nSPS) is 10.9. The summed E-state index contributed by atoms with van der Waals surface area (Å²) in [7, 11) is 0. The van der Waals surface area contributed by atoms with Gasteiger partial charge in [-0.25, -0.2) is 0 Å². The number of para-hydroxylation sites is 1. The molecule has 3 heterocycles.